The molecule has 1 aromatic heterocycles. The quantitative estimate of drug-likeness (QED) is 0.536. The second kappa shape index (κ2) is 5.28. The zero-order valence-corrected chi connectivity index (χ0v) is 10.6. The number of nitrogens with one attached hydrogen (secondary N) is 1. The first-order valence-electron chi connectivity index (χ1n) is 5.48. The lowest BCUT2D eigenvalue weighted by Crippen LogP contribution is -2.03. The number of ether oxygens (including phenoxy) is 2. The number of esters is 1. The number of carbonyl (C=O) groups excluding carboxylic acids is 1. The van der Waals surface area contributed by atoms with Gasteiger partial charge in [0.1, 0.15) is 11.5 Å². The normalized spacial score (nSPS) is 11.2. The van der Waals surface area contributed by atoms with E-state index in [9.17, 15) is 18.0 Å². The summed E-state index contributed by atoms with van der Waals surface area (Å²) in [6.07, 6.45) is 2.43. The van der Waals surface area contributed by atoms with E-state index in [-0.39, 0.29) is 16.6 Å². The zero-order chi connectivity index (χ0) is 14.9. The second-order valence-corrected chi connectivity index (χ2v) is 3.85. The van der Waals surface area contributed by atoms with E-state index in [1.807, 2.05) is 0 Å². The third kappa shape index (κ3) is 2.11. The van der Waals surface area contributed by atoms with Gasteiger partial charge in [0, 0.05) is 17.0 Å². The summed E-state index contributed by atoms with van der Waals surface area (Å²) in [4.78, 5) is 13.9. The van der Waals surface area contributed by atoms with Crippen LogP contribution >= 0.6 is 0 Å². The van der Waals surface area contributed by atoms with Gasteiger partial charge in [-0.2, -0.15) is 0 Å². The van der Waals surface area contributed by atoms with Crippen LogP contribution < -0.4 is 0 Å². The maximum Gasteiger partial charge on any atom is 0.355 e. The van der Waals surface area contributed by atoms with E-state index in [0.717, 1.165) is 7.11 Å². The summed E-state index contributed by atoms with van der Waals surface area (Å²) in [6.45, 7) is 0. The summed E-state index contributed by atoms with van der Waals surface area (Å²) >= 11 is 0. The van der Waals surface area contributed by atoms with Gasteiger partial charge in [-0.3, -0.25) is 0 Å². The number of rotatable bonds is 3. The van der Waals surface area contributed by atoms with E-state index in [1.165, 1.54) is 19.4 Å². The molecule has 0 amide bonds. The molecule has 20 heavy (non-hydrogen) atoms. The fourth-order valence-corrected chi connectivity index (χ4v) is 1.86. The maximum absolute atomic E-state index is 13.8. The Morgan fingerprint density at radius 1 is 1.25 bits per heavy atom. The zero-order valence-electron chi connectivity index (χ0n) is 10.6. The minimum absolute atomic E-state index is 0.0186. The average Bonchev–Trinajstić information content (AvgIpc) is 2.81. The topological polar surface area (TPSA) is 51.3 Å². The molecule has 1 N–H and O–H groups in total. The van der Waals surface area contributed by atoms with Crippen LogP contribution in [0.25, 0.3) is 17.0 Å². The lowest BCUT2D eigenvalue weighted by atomic mass is 10.1. The summed E-state index contributed by atoms with van der Waals surface area (Å²) < 4.78 is 49.9. The number of aromatic amines is 1. The molecule has 0 atom stereocenters. The average molecular weight is 285 g/mol. The van der Waals surface area contributed by atoms with Gasteiger partial charge in [0.15, 0.2) is 11.6 Å². The first kappa shape index (κ1) is 14.0. The van der Waals surface area contributed by atoms with Gasteiger partial charge in [-0.15, -0.1) is 0 Å². The molecule has 0 aliphatic carbocycles. The highest BCUT2D eigenvalue weighted by Crippen LogP contribution is 2.30. The molecule has 0 spiro atoms. The molecule has 0 aliphatic rings. The minimum atomic E-state index is -1.35. The molecule has 0 radical (unpaired) electrons. The summed E-state index contributed by atoms with van der Waals surface area (Å²) in [5.74, 6) is -4.46. The lowest BCUT2D eigenvalue weighted by Gasteiger charge is -1.99. The third-order valence-electron chi connectivity index (χ3n) is 2.72. The van der Waals surface area contributed by atoms with Crippen LogP contribution in [0.4, 0.5) is 13.2 Å². The first-order valence-corrected chi connectivity index (χ1v) is 5.48. The smallest absolute Gasteiger partial charge is 0.355 e. The van der Waals surface area contributed by atoms with Gasteiger partial charge in [0.2, 0.25) is 0 Å². The van der Waals surface area contributed by atoms with Crippen LogP contribution in [0.1, 0.15) is 16.1 Å². The molecule has 1 aromatic carbocycles. The fourth-order valence-electron chi connectivity index (χ4n) is 1.86. The number of fused-ring (bicyclic) bond motifs is 1. The van der Waals surface area contributed by atoms with E-state index in [2.05, 4.69) is 14.5 Å². The fraction of sp³-hybridized carbons (Fsp3) is 0.154. The third-order valence-corrected chi connectivity index (χ3v) is 2.72. The van der Waals surface area contributed by atoms with Crippen molar-refractivity contribution in [2.45, 2.75) is 0 Å². The highest BCUT2D eigenvalue weighted by Gasteiger charge is 2.23. The lowest BCUT2D eigenvalue weighted by molar-refractivity contribution is 0.0595. The van der Waals surface area contributed by atoms with Gasteiger partial charge < -0.3 is 14.5 Å². The summed E-state index contributed by atoms with van der Waals surface area (Å²) in [5.41, 5.74) is -0.622. The molecular formula is C13H10F3NO3. The van der Waals surface area contributed by atoms with Crippen molar-refractivity contribution >= 4 is 22.9 Å². The Hall–Kier alpha value is -2.44. The molecule has 4 nitrogen and oxygen atoms in total. The van der Waals surface area contributed by atoms with Crippen LogP contribution in [0, 0.1) is 17.5 Å². The van der Waals surface area contributed by atoms with Crippen molar-refractivity contribution in [2.75, 3.05) is 14.2 Å². The highest BCUT2D eigenvalue weighted by molar-refractivity contribution is 6.02. The molecule has 7 heteroatoms. The number of halogens is 3. The van der Waals surface area contributed by atoms with Crippen molar-refractivity contribution in [2.24, 2.45) is 0 Å². The van der Waals surface area contributed by atoms with Gasteiger partial charge in [-0.1, -0.05) is 0 Å². The Balaban J connectivity index is 2.86. The Morgan fingerprint density at radius 3 is 2.55 bits per heavy atom. The number of carbonyl (C=O) groups is 1. The van der Waals surface area contributed by atoms with Crippen LogP contribution in [-0.4, -0.2) is 25.2 Å². The van der Waals surface area contributed by atoms with Gasteiger partial charge >= 0.3 is 5.97 Å². The number of benzene rings is 1. The van der Waals surface area contributed by atoms with Crippen molar-refractivity contribution in [1.82, 2.24) is 4.98 Å². The highest BCUT2D eigenvalue weighted by atomic mass is 19.2. The van der Waals surface area contributed by atoms with Crippen molar-refractivity contribution in [3.05, 3.63) is 41.0 Å². The number of methoxy groups -OCH3 is 2. The Morgan fingerprint density at radius 2 is 1.95 bits per heavy atom. The summed E-state index contributed by atoms with van der Waals surface area (Å²) in [7, 11) is 2.46. The molecule has 2 aromatic rings. The summed E-state index contributed by atoms with van der Waals surface area (Å²) in [5, 5.41) is -0.252. The van der Waals surface area contributed by atoms with Crippen LogP contribution in [0.15, 0.2) is 12.3 Å². The number of hydrogen-bond acceptors (Lipinski definition) is 3. The van der Waals surface area contributed by atoms with Gasteiger partial charge in [0.25, 0.3) is 0 Å². The number of aromatic nitrogens is 1. The molecule has 0 saturated heterocycles. The molecule has 0 aliphatic heterocycles. The van der Waals surface area contributed by atoms with E-state index in [0.29, 0.717) is 6.07 Å². The molecule has 2 rings (SSSR count). The first-order chi connectivity index (χ1) is 9.51. The van der Waals surface area contributed by atoms with E-state index in [4.69, 9.17) is 0 Å². The molecule has 0 fully saturated rings. The SMILES string of the molecule is COC=Cc1c(C(=O)OC)[nH]c2c(F)c(F)cc(F)c12. The molecular weight excluding hydrogens is 275 g/mol. The Bertz CT molecular complexity index is 707. The Kier molecular flexibility index (Phi) is 3.69. The van der Waals surface area contributed by atoms with E-state index < -0.39 is 28.9 Å². The van der Waals surface area contributed by atoms with Crippen LogP contribution in [0.5, 0.6) is 0 Å². The predicted molar refractivity (Wildman–Crippen MR) is 65.6 cm³/mol. The van der Waals surface area contributed by atoms with Crippen LogP contribution in [0.2, 0.25) is 0 Å². The van der Waals surface area contributed by atoms with Crippen LogP contribution in [0.3, 0.4) is 0 Å². The Labute approximate surface area is 111 Å². The molecule has 0 saturated carbocycles. The van der Waals surface area contributed by atoms with Gasteiger partial charge in [-0.25, -0.2) is 18.0 Å². The largest absolute Gasteiger partial charge is 0.504 e. The molecule has 106 valence electrons. The maximum atomic E-state index is 13.8. The van der Waals surface area contributed by atoms with Gasteiger partial charge in [0.05, 0.1) is 26.0 Å². The second-order valence-electron chi connectivity index (χ2n) is 3.85. The van der Waals surface area contributed by atoms with E-state index >= 15 is 0 Å². The number of H-pyrrole nitrogens is 1. The van der Waals surface area contributed by atoms with Crippen molar-refractivity contribution in [3.63, 3.8) is 0 Å². The monoisotopic (exact) mass is 285 g/mol. The van der Waals surface area contributed by atoms with Crippen molar-refractivity contribution in [3.8, 4) is 0 Å². The molecule has 0 unspecified atom stereocenters. The minimum Gasteiger partial charge on any atom is -0.504 e. The van der Waals surface area contributed by atoms with Gasteiger partial charge in [-0.05, 0) is 6.08 Å². The van der Waals surface area contributed by atoms with Crippen molar-refractivity contribution < 1.29 is 27.4 Å². The number of hydrogen-bond donors (Lipinski definition) is 1. The van der Waals surface area contributed by atoms with E-state index in [1.54, 1.807) is 0 Å². The molecule has 1 heterocycles. The van der Waals surface area contributed by atoms with Crippen LogP contribution in [-0.2, 0) is 9.47 Å². The predicted octanol–water partition coefficient (Wildman–Crippen LogP) is 2.99. The standard InChI is InChI=1S/C13H10F3NO3/c1-19-4-3-6-9-7(14)5-8(15)10(16)12(9)17-11(6)13(18)20-2/h3-5,17H,1-2H3. The van der Waals surface area contributed by atoms with Crippen molar-refractivity contribution in [1.29, 1.82) is 0 Å². The summed E-state index contributed by atoms with van der Waals surface area (Å²) in [6, 6.07) is 0.413. The molecule has 0 bridgehead atoms.